The van der Waals surface area contributed by atoms with Crippen LogP contribution in [0.2, 0.25) is 0 Å². The van der Waals surface area contributed by atoms with Crippen molar-refractivity contribution in [1.29, 1.82) is 0 Å². The molecule has 0 saturated heterocycles. The topological polar surface area (TPSA) is 34.1 Å². The van der Waals surface area contributed by atoms with Gasteiger partial charge in [-0.1, -0.05) is 24.3 Å². The van der Waals surface area contributed by atoms with Gasteiger partial charge in [-0.2, -0.15) is 0 Å². The van der Waals surface area contributed by atoms with E-state index in [1.165, 1.54) is 0 Å². The summed E-state index contributed by atoms with van der Waals surface area (Å²) in [7, 11) is 0. The Morgan fingerprint density at radius 1 is 0.812 bits per heavy atom. The van der Waals surface area contributed by atoms with Gasteiger partial charge < -0.3 is 13.8 Å². The smallest absolute Gasteiger partial charge is 0.133 e. The summed E-state index contributed by atoms with van der Waals surface area (Å²) in [5.41, 5.74) is 1.20. The summed E-state index contributed by atoms with van der Waals surface area (Å²) >= 11 is 0. The Morgan fingerprint density at radius 2 is 1.06 bits per heavy atom. The number of Topliss-reactive ketones (excluding diaryl/α,β-unsaturated/α-hetero) is 2. The molecule has 0 unspecified atom stereocenters. The van der Waals surface area contributed by atoms with E-state index in [1.807, 2.05) is 0 Å². The summed E-state index contributed by atoms with van der Waals surface area (Å²) in [6, 6.07) is 6.60. The second kappa shape index (κ2) is 9.02. The van der Waals surface area contributed by atoms with Gasteiger partial charge >= 0.3 is 0 Å². The molecule has 0 aliphatic carbocycles. The molecule has 1 rings (SSSR count). The largest absolute Gasteiger partial charge is 0.336 e. The molecule has 0 atom stereocenters. The van der Waals surface area contributed by atoms with E-state index in [2.05, 4.69) is 13.8 Å². The zero-order valence-electron chi connectivity index (χ0n) is 8.77. The van der Waals surface area contributed by atoms with Gasteiger partial charge in [-0.3, -0.25) is 9.59 Å². The van der Waals surface area contributed by atoms with Crippen molar-refractivity contribution in [2.24, 2.45) is 0 Å². The van der Waals surface area contributed by atoms with Gasteiger partial charge in [0.1, 0.15) is 11.6 Å². The zero-order chi connectivity index (χ0) is 10.6. The number of carbonyl (C=O) groups excluding carboxylic acids is 2. The molecule has 0 amide bonds. The van der Waals surface area contributed by atoms with Crippen LogP contribution in [0.1, 0.15) is 33.6 Å². The Morgan fingerprint density at radius 3 is 1.25 bits per heavy atom. The minimum Gasteiger partial charge on any atom is -0.336 e. The predicted octanol–water partition coefficient (Wildman–Crippen LogP) is 2.50. The molecule has 0 heterocycles. The number of benzene rings is 1. The Bertz CT molecular complexity index is 310. The molecule has 0 fully saturated rings. The van der Waals surface area contributed by atoms with Crippen LogP contribution in [0, 0.1) is 13.8 Å². The molecule has 0 N–H and O–H groups in total. The van der Waals surface area contributed by atoms with Crippen LogP contribution in [0.5, 0.6) is 0 Å². The van der Waals surface area contributed by atoms with Crippen molar-refractivity contribution in [3.63, 3.8) is 0 Å². The minimum absolute atomic E-state index is 0. The average molecular weight is 556 g/mol. The van der Waals surface area contributed by atoms with Crippen molar-refractivity contribution >= 4 is 11.6 Å². The van der Waals surface area contributed by atoms with Crippen molar-refractivity contribution < 1.29 is 51.7 Å². The van der Waals surface area contributed by atoms with E-state index in [4.69, 9.17) is 0 Å². The first-order valence-corrected chi connectivity index (χ1v) is 4.44. The Labute approximate surface area is 125 Å². The standard InChI is InChI=1S/C12H12O2.2W/c1-3-11(13)9-5-7-10(8-6-9)12(14)4-2;;/h5-8H,1-4H2;;/q-2;;. The van der Waals surface area contributed by atoms with E-state index in [9.17, 15) is 9.59 Å². The van der Waals surface area contributed by atoms with Crippen LogP contribution in [-0.2, 0) is 42.1 Å². The molecule has 0 aromatic heterocycles. The van der Waals surface area contributed by atoms with E-state index in [0.29, 0.717) is 11.1 Å². The number of hydrogen-bond acceptors (Lipinski definition) is 2. The summed E-state index contributed by atoms with van der Waals surface area (Å²) in [4.78, 5) is 22.4. The van der Waals surface area contributed by atoms with Crippen LogP contribution in [-0.4, -0.2) is 11.6 Å². The van der Waals surface area contributed by atoms with E-state index in [1.54, 1.807) is 24.3 Å². The van der Waals surface area contributed by atoms with Crippen LogP contribution < -0.4 is 0 Å². The molecule has 0 aliphatic heterocycles. The van der Waals surface area contributed by atoms with Gasteiger partial charge in [0.15, 0.2) is 0 Å². The van der Waals surface area contributed by atoms with Crippen LogP contribution in [0.15, 0.2) is 24.3 Å². The van der Waals surface area contributed by atoms with Gasteiger partial charge in [0.05, 0.1) is 0 Å². The van der Waals surface area contributed by atoms with Crippen molar-refractivity contribution in [1.82, 2.24) is 0 Å². The van der Waals surface area contributed by atoms with Crippen LogP contribution in [0.3, 0.4) is 0 Å². The maximum absolute atomic E-state index is 11.2. The molecule has 0 aliphatic rings. The van der Waals surface area contributed by atoms with E-state index in [-0.39, 0.29) is 66.5 Å². The van der Waals surface area contributed by atoms with Crippen LogP contribution in [0.4, 0.5) is 0 Å². The van der Waals surface area contributed by atoms with Gasteiger partial charge in [0.2, 0.25) is 0 Å². The number of ketones is 2. The van der Waals surface area contributed by atoms with E-state index in [0.717, 1.165) is 0 Å². The van der Waals surface area contributed by atoms with E-state index >= 15 is 0 Å². The third-order valence-corrected chi connectivity index (χ3v) is 1.98. The van der Waals surface area contributed by atoms with Crippen molar-refractivity contribution in [3.8, 4) is 0 Å². The molecule has 1 aromatic rings. The fourth-order valence-electron chi connectivity index (χ4n) is 1.13. The molecule has 0 bridgehead atoms. The quantitative estimate of drug-likeness (QED) is 0.423. The van der Waals surface area contributed by atoms with Gasteiger partial charge in [-0.25, -0.2) is 0 Å². The molecule has 0 spiro atoms. The molecule has 1 aromatic carbocycles. The third kappa shape index (κ3) is 4.85. The first-order chi connectivity index (χ1) is 6.69. The number of rotatable bonds is 4. The molecule has 16 heavy (non-hydrogen) atoms. The zero-order valence-corrected chi connectivity index (χ0v) is 14.6. The van der Waals surface area contributed by atoms with Crippen LogP contribution >= 0.6 is 0 Å². The SMILES string of the molecule is [CH2-]CC(=O)c1ccc(C(=O)C[CH2-])cc1.[W].[W]. The first kappa shape index (κ1) is 18.3. The van der Waals surface area contributed by atoms with E-state index < -0.39 is 0 Å². The minimum atomic E-state index is -0.0152. The molecule has 2 nitrogen and oxygen atoms in total. The maximum Gasteiger partial charge on any atom is 0.133 e. The van der Waals surface area contributed by atoms with Crippen molar-refractivity contribution in [2.75, 3.05) is 0 Å². The Hall–Kier alpha value is -0.0634. The second-order valence-corrected chi connectivity index (χ2v) is 2.92. The number of carbonyl (C=O) groups is 2. The van der Waals surface area contributed by atoms with Crippen molar-refractivity contribution in [2.45, 2.75) is 12.8 Å². The predicted molar refractivity (Wildman–Crippen MR) is 55.1 cm³/mol. The normalized spacial score (nSPS) is 8.62. The molecular weight excluding hydrogens is 544 g/mol. The second-order valence-electron chi connectivity index (χ2n) is 2.92. The molecule has 0 saturated carbocycles. The Kier molecular flexibility index (Phi) is 10.3. The van der Waals surface area contributed by atoms with Gasteiger partial charge in [-0.15, -0.1) is 12.8 Å². The molecule has 0 radical (unpaired) electrons. The fourth-order valence-corrected chi connectivity index (χ4v) is 1.13. The maximum atomic E-state index is 11.2. The summed E-state index contributed by atoms with van der Waals surface area (Å²) in [6.07, 6.45) is 0.477. The first-order valence-electron chi connectivity index (χ1n) is 4.44. The monoisotopic (exact) mass is 556 g/mol. The molecule has 4 heteroatoms. The summed E-state index contributed by atoms with van der Waals surface area (Å²) < 4.78 is 0. The summed E-state index contributed by atoms with van der Waals surface area (Å²) in [6.45, 7) is 7.02. The van der Waals surface area contributed by atoms with Crippen LogP contribution in [0.25, 0.3) is 0 Å². The van der Waals surface area contributed by atoms with Gasteiger partial charge in [0.25, 0.3) is 0 Å². The van der Waals surface area contributed by atoms with Gasteiger partial charge in [0, 0.05) is 53.3 Å². The summed E-state index contributed by atoms with van der Waals surface area (Å²) in [5, 5.41) is 0. The average Bonchev–Trinajstić information content (AvgIpc) is 2.27. The summed E-state index contributed by atoms with van der Waals surface area (Å²) in [5.74, 6) is -0.0303. The Balaban J connectivity index is 0. The third-order valence-electron chi connectivity index (χ3n) is 1.98. The van der Waals surface area contributed by atoms with Gasteiger partial charge in [-0.05, 0) is 0 Å². The number of hydrogen-bond donors (Lipinski definition) is 0. The molecule has 86 valence electrons. The van der Waals surface area contributed by atoms with Crippen molar-refractivity contribution in [3.05, 3.63) is 49.2 Å². The molecular formula is C12H12O2W2-2. The fraction of sp³-hybridized carbons (Fsp3) is 0.167.